The summed E-state index contributed by atoms with van der Waals surface area (Å²) in [7, 11) is 0. The molecule has 0 spiro atoms. The fourth-order valence-electron chi connectivity index (χ4n) is 2.64. The topological polar surface area (TPSA) is 61.8 Å². The average molecular weight is 284 g/mol. The van der Waals surface area contributed by atoms with Gasteiger partial charge in [0.05, 0.1) is 12.7 Å². The number of carbonyl (C=O) groups excluding carboxylic acids is 1. The minimum absolute atomic E-state index is 0.107. The quantitative estimate of drug-likeness (QED) is 0.725. The third kappa shape index (κ3) is 5.04. The molecule has 116 valence electrons. The van der Waals surface area contributed by atoms with Gasteiger partial charge >= 0.3 is 0 Å². The van der Waals surface area contributed by atoms with E-state index in [9.17, 15) is 9.90 Å². The van der Waals surface area contributed by atoms with Crippen molar-refractivity contribution in [2.75, 3.05) is 26.2 Å². The fraction of sp³-hybridized carbons (Fsp3) is 0.933. The van der Waals surface area contributed by atoms with Gasteiger partial charge in [-0.3, -0.25) is 4.79 Å². The van der Waals surface area contributed by atoms with Crippen LogP contribution in [0.1, 0.15) is 39.5 Å². The molecule has 1 saturated heterocycles. The number of hydrogen-bond donors (Lipinski definition) is 2. The summed E-state index contributed by atoms with van der Waals surface area (Å²) < 4.78 is 5.55. The minimum Gasteiger partial charge on any atom is -0.383 e. The van der Waals surface area contributed by atoms with E-state index in [1.807, 2.05) is 13.8 Å². The summed E-state index contributed by atoms with van der Waals surface area (Å²) >= 11 is 0. The molecule has 2 fully saturated rings. The highest BCUT2D eigenvalue weighted by molar-refractivity contribution is 5.81. The van der Waals surface area contributed by atoms with Gasteiger partial charge in [-0.25, -0.2) is 0 Å². The van der Waals surface area contributed by atoms with Crippen molar-refractivity contribution in [1.82, 2.24) is 10.2 Å². The van der Waals surface area contributed by atoms with E-state index >= 15 is 0 Å². The molecule has 2 aliphatic rings. The first-order valence-electron chi connectivity index (χ1n) is 7.88. The van der Waals surface area contributed by atoms with Gasteiger partial charge in [-0.05, 0) is 58.5 Å². The summed E-state index contributed by atoms with van der Waals surface area (Å²) in [4.78, 5) is 14.2. The second-order valence-electron chi connectivity index (χ2n) is 6.33. The van der Waals surface area contributed by atoms with E-state index < -0.39 is 6.10 Å². The predicted molar refractivity (Wildman–Crippen MR) is 77.4 cm³/mol. The Morgan fingerprint density at radius 2 is 1.95 bits per heavy atom. The first-order chi connectivity index (χ1) is 9.56. The molecule has 0 aromatic heterocycles. The van der Waals surface area contributed by atoms with Crippen molar-refractivity contribution in [1.29, 1.82) is 0 Å². The van der Waals surface area contributed by atoms with Gasteiger partial charge in [0.1, 0.15) is 6.10 Å². The number of likely N-dealkylation sites (tertiary alicyclic amines) is 1. The van der Waals surface area contributed by atoms with Crippen LogP contribution in [-0.4, -0.2) is 60.4 Å². The molecule has 5 nitrogen and oxygen atoms in total. The Labute approximate surface area is 121 Å². The van der Waals surface area contributed by atoms with Crippen LogP contribution in [0.25, 0.3) is 0 Å². The lowest BCUT2D eigenvalue weighted by atomic mass is 9.90. The van der Waals surface area contributed by atoms with Crippen LogP contribution in [0.5, 0.6) is 0 Å². The number of piperidine rings is 1. The Balaban J connectivity index is 1.63. The van der Waals surface area contributed by atoms with Crippen LogP contribution >= 0.6 is 0 Å². The van der Waals surface area contributed by atoms with Crippen LogP contribution in [0.15, 0.2) is 0 Å². The van der Waals surface area contributed by atoms with Crippen molar-refractivity contribution in [2.24, 2.45) is 5.92 Å². The van der Waals surface area contributed by atoms with E-state index in [0.717, 1.165) is 51.9 Å². The maximum atomic E-state index is 11.8. The van der Waals surface area contributed by atoms with Crippen molar-refractivity contribution in [3.8, 4) is 0 Å². The predicted octanol–water partition coefficient (Wildman–Crippen LogP) is 0.763. The molecular weight excluding hydrogens is 256 g/mol. The van der Waals surface area contributed by atoms with Crippen LogP contribution in [0.4, 0.5) is 0 Å². The first-order valence-corrected chi connectivity index (χ1v) is 7.88. The van der Waals surface area contributed by atoms with E-state index in [2.05, 4.69) is 10.2 Å². The monoisotopic (exact) mass is 284 g/mol. The smallest absolute Gasteiger partial charge is 0.249 e. The zero-order valence-corrected chi connectivity index (χ0v) is 12.7. The average Bonchev–Trinajstić information content (AvgIpc) is 3.22. The molecular formula is C15H28N2O3. The Bertz CT molecular complexity index is 310. The minimum atomic E-state index is -0.829. The van der Waals surface area contributed by atoms with Gasteiger partial charge in [0.2, 0.25) is 5.91 Å². The normalized spacial score (nSPS) is 23.0. The lowest BCUT2D eigenvalue weighted by molar-refractivity contribution is -0.133. The number of nitrogens with zero attached hydrogens (tertiary/aromatic N) is 1. The zero-order valence-electron chi connectivity index (χ0n) is 12.7. The SMILES string of the molecule is CC(C)OCCN1CCC([C@@H](O)C(=O)NC2CC2)CC1. The molecule has 0 radical (unpaired) electrons. The van der Waals surface area contributed by atoms with Crippen LogP contribution in [0, 0.1) is 5.92 Å². The van der Waals surface area contributed by atoms with Crippen LogP contribution < -0.4 is 5.32 Å². The van der Waals surface area contributed by atoms with E-state index in [-0.39, 0.29) is 17.9 Å². The molecule has 2 N–H and O–H groups in total. The van der Waals surface area contributed by atoms with Gasteiger partial charge in [-0.1, -0.05) is 0 Å². The van der Waals surface area contributed by atoms with E-state index in [1.54, 1.807) is 0 Å². The summed E-state index contributed by atoms with van der Waals surface area (Å²) in [6.07, 6.45) is 3.35. The molecule has 1 heterocycles. The molecule has 5 heteroatoms. The van der Waals surface area contributed by atoms with Gasteiger partial charge < -0.3 is 20.1 Å². The molecule has 0 aromatic carbocycles. The molecule has 1 amide bonds. The number of hydrogen-bond acceptors (Lipinski definition) is 4. The zero-order chi connectivity index (χ0) is 14.5. The number of ether oxygens (including phenoxy) is 1. The third-order valence-electron chi connectivity index (χ3n) is 4.13. The summed E-state index contributed by atoms with van der Waals surface area (Å²) in [5.41, 5.74) is 0. The maximum absolute atomic E-state index is 11.8. The summed E-state index contributed by atoms with van der Waals surface area (Å²) in [6, 6.07) is 0.324. The Kier molecular flexibility index (Phi) is 5.81. The molecule has 1 atom stereocenters. The van der Waals surface area contributed by atoms with E-state index in [1.165, 1.54) is 0 Å². The lowest BCUT2D eigenvalue weighted by Crippen LogP contribution is -2.45. The standard InChI is InChI=1S/C15H28N2O3/c1-11(2)20-10-9-17-7-5-12(6-8-17)14(18)15(19)16-13-3-4-13/h11-14,18H,3-10H2,1-2H3,(H,16,19)/t14-/m1/s1. The number of aliphatic hydroxyl groups excluding tert-OH is 1. The highest BCUT2D eigenvalue weighted by atomic mass is 16.5. The second kappa shape index (κ2) is 7.38. The molecule has 0 bridgehead atoms. The van der Waals surface area contributed by atoms with Crippen molar-refractivity contribution in [2.45, 2.75) is 57.8 Å². The summed E-state index contributed by atoms with van der Waals surface area (Å²) in [6.45, 7) is 7.67. The van der Waals surface area contributed by atoms with Crippen molar-refractivity contribution < 1.29 is 14.6 Å². The summed E-state index contributed by atoms with van der Waals surface area (Å²) in [5.74, 6) is -0.0647. The van der Waals surface area contributed by atoms with Crippen LogP contribution in [-0.2, 0) is 9.53 Å². The Hall–Kier alpha value is -0.650. The molecule has 1 saturated carbocycles. The van der Waals surface area contributed by atoms with Gasteiger partial charge in [-0.2, -0.15) is 0 Å². The van der Waals surface area contributed by atoms with Gasteiger partial charge in [0.15, 0.2) is 0 Å². The number of amides is 1. The second-order valence-corrected chi connectivity index (χ2v) is 6.33. The Morgan fingerprint density at radius 3 is 2.50 bits per heavy atom. The number of carbonyl (C=O) groups is 1. The Morgan fingerprint density at radius 1 is 1.30 bits per heavy atom. The van der Waals surface area contributed by atoms with Crippen LogP contribution in [0.3, 0.4) is 0 Å². The third-order valence-corrected chi connectivity index (χ3v) is 4.13. The summed E-state index contributed by atoms with van der Waals surface area (Å²) in [5, 5.41) is 13.0. The van der Waals surface area contributed by atoms with Crippen molar-refractivity contribution in [3.05, 3.63) is 0 Å². The van der Waals surface area contributed by atoms with Gasteiger partial charge in [0.25, 0.3) is 0 Å². The molecule has 0 unspecified atom stereocenters. The van der Waals surface area contributed by atoms with Crippen LogP contribution in [0.2, 0.25) is 0 Å². The number of aliphatic hydroxyl groups is 1. The highest BCUT2D eigenvalue weighted by Crippen LogP contribution is 2.23. The molecule has 0 aromatic rings. The maximum Gasteiger partial charge on any atom is 0.249 e. The van der Waals surface area contributed by atoms with E-state index in [0.29, 0.717) is 6.04 Å². The van der Waals surface area contributed by atoms with Crippen molar-refractivity contribution in [3.63, 3.8) is 0 Å². The number of rotatable bonds is 7. The molecule has 1 aliphatic carbocycles. The fourth-order valence-corrected chi connectivity index (χ4v) is 2.64. The molecule has 2 rings (SSSR count). The first kappa shape index (κ1) is 15.7. The molecule has 20 heavy (non-hydrogen) atoms. The molecule has 1 aliphatic heterocycles. The van der Waals surface area contributed by atoms with Gasteiger partial charge in [-0.15, -0.1) is 0 Å². The largest absolute Gasteiger partial charge is 0.383 e. The van der Waals surface area contributed by atoms with E-state index in [4.69, 9.17) is 4.74 Å². The van der Waals surface area contributed by atoms with Crippen molar-refractivity contribution >= 4 is 5.91 Å². The number of nitrogens with one attached hydrogen (secondary N) is 1. The lowest BCUT2D eigenvalue weighted by Gasteiger charge is -2.33. The van der Waals surface area contributed by atoms with Gasteiger partial charge in [0, 0.05) is 12.6 Å². The highest BCUT2D eigenvalue weighted by Gasteiger charge is 2.32.